The average Bonchev–Trinajstić information content (AvgIpc) is 2.70. The molecule has 27 heavy (non-hydrogen) atoms. The monoisotopic (exact) mass is 388 g/mol. The molecule has 1 aliphatic rings. The summed E-state index contributed by atoms with van der Waals surface area (Å²) in [6.07, 6.45) is 5.39. The van der Waals surface area contributed by atoms with Crippen LogP contribution in [0.5, 0.6) is 11.6 Å². The fourth-order valence-electron chi connectivity index (χ4n) is 3.00. The SMILES string of the molecule is COc1cccc(S(=O)(=O)NC2CCC(Oc3nccnc3C#N)CC2)c1. The molecule has 0 unspecified atom stereocenters. The number of aromatic nitrogens is 2. The van der Waals surface area contributed by atoms with Gasteiger partial charge >= 0.3 is 0 Å². The van der Waals surface area contributed by atoms with E-state index in [1.807, 2.05) is 6.07 Å². The molecule has 0 bridgehead atoms. The molecule has 1 aliphatic carbocycles. The normalized spacial score (nSPS) is 19.9. The summed E-state index contributed by atoms with van der Waals surface area (Å²) in [5.74, 6) is 0.715. The van der Waals surface area contributed by atoms with Gasteiger partial charge in [0.15, 0.2) is 0 Å². The van der Waals surface area contributed by atoms with Crippen LogP contribution in [0.2, 0.25) is 0 Å². The van der Waals surface area contributed by atoms with Crippen molar-refractivity contribution in [3.05, 3.63) is 42.4 Å². The minimum absolute atomic E-state index is 0.119. The Hall–Kier alpha value is -2.70. The van der Waals surface area contributed by atoms with Crippen LogP contribution >= 0.6 is 0 Å². The molecule has 142 valence electrons. The van der Waals surface area contributed by atoms with Crippen molar-refractivity contribution < 1.29 is 17.9 Å². The van der Waals surface area contributed by atoms with Crippen molar-refractivity contribution in [2.75, 3.05) is 7.11 Å². The lowest BCUT2D eigenvalue weighted by Crippen LogP contribution is -2.39. The van der Waals surface area contributed by atoms with Gasteiger partial charge in [0.2, 0.25) is 15.7 Å². The van der Waals surface area contributed by atoms with Crippen molar-refractivity contribution >= 4 is 10.0 Å². The molecule has 0 aliphatic heterocycles. The first-order chi connectivity index (χ1) is 13.0. The summed E-state index contributed by atoms with van der Waals surface area (Å²) in [5.41, 5.74) is 0.151. The highest BCUT2D eigenvalue weighted by Gasteiger charge is 2.27. The van der Waals surface area contributed by atoms with Crippen LogP contribution < -0.4 is 14.2 Å². The van der Waals surface area contributed by atoms with E-state index in [1.165, 1.54) is 31.6 Å². The highest BCUT2D eigenvalue weighted by Crippen LogP contribution is 2.25. The summed E-state index contributed by atoms with van der Waals surface area (Å²) < 4.78 is 38.8. The molecule has 2 aromatic rings. The largest absolute Gasteiger partial charge is 0.497 e. The number of hydrogen-bond donors (Lipinski definition) is 1. The number of rotatable bonds is 6. The summed E-state index contributed by atoms with van der Waals surface area (Å²) in [5, 5.41) is 9.05. The summed E-state index contributed by atoms with van der Waals surface area (Å²) in [4.78, 5) is 8.15. The van der Waals surface area contributed by atoms with Gasteiger partial charge in [0.25, 0.3) is 5.88 Å². The molecule has 1 aromatic carbocycles. The smallest absolute Gasteiger partial charge is 0.251 e. The van der Waals surface area contributed by atoms with Gasteiger partial charge in [0, 0.05) is 24.5 Å². The first-order valence-corrected chi connectivity index (χ1v) is 10.0. The van der Waals surface area contributed by atoms with Crippen molar-refractivity contribution in [3.8, 4) is 17.7 Å². The van der Waals surface area contributed by atoms with Gasteiger partial charge in [0.1, 0.15) is 17.9 Å². The van der Waals surface area contributed by atoms with Crippen molar-refractivity contribution in [1.29, 1.82) is 5.26 Å². The van der Waals surface area contributed by atoms with Crippen LogP contribution in [0.1, 0.15) is 31.4 Å². The van der Waals surface area contributed by atoms with E-state index in [-0.39, 0.29) is 28.6 Å². The topological polar surface area (TPSA) is 114 Å². The maximum Gasteiger partial charge on any atom is 0.251 e. The Kier molecular flexibility index (Phi) is 5.88. The molecule has 0 saturated heterocycles. The van der Waals surface area contributed by atoms with E-state index in [0.29, 0.717) is 31.4 Å². The van der Waals surface area contributed by atoms with Crippen LogP contribution in [0.15, 0.2) is 41.6 Å². The molecule has 3 rings (SSSR count). The second kappa shape index (κ2) is 8.33. The molecule has 1 heterocycles. The molecule has 1 aromatic heterocycles. The third-order valence-corrected chi connectivity index (χ3v) is 5.91. The Balaban J connectivity index is 1.58. The van der Waals surface area contributed by atoms with Crippen molar-refractivity contribution in [3.63, 3.8) is 0 Å². The standard InChI is InChI=1S/C18H20N4O4S/c1-25-15-3-2-4-16(11-15)27(23,24)22-13-5-7-14(8-6-13)26-18-17(12-19)20-9-10-21-18/h2-4,9-11,13-14,22H,5-8H2,1H3. The molecule has 1 saturated carbocycles. The lowest BCUT2D eigenvalue weighted by molar-refractivity contribution is 0.137. The van der Waals surface area contributed by atoms with Crippen molar-refractivity contribution in [2.45, 2.75) is 42.7 Å². The van der Waals surface area contributed by atoms with Crippen molar-refractivity contribution in [2.24, 2.45) is 0 Å². The van der Waals surface area contributed by atoms with E-state index in [9.17, 15) is 8.42 Å². The molecule has 0 atom stereocenters. The lowest BCUT2D eigenvalue weighted by Gasteiger charge is -2.29. The third kappa shape index (κ3) is 4.72. The molecular weight excluding hydrogens is 368 g/mol. The van der Waals surface area contributed by atoms with Crippen molar-refractivity contribution in [1.82, 2.24) is 14.7 Å². The summed E-state index contributed by atoms with van der Waals surface area (Å²) in [6, 6.07) is 8.16. The van der Waals surface area contributed by atoms with Crippen LogP contribution in [-0.4, -0.2) is 37.6 Å². The van der Waals surface area contributed by atoms with Gasteiger partial charge in [-0.2, -0.15) is 5.26 Å². The quantitative estimate of drug-likeness (QED) is 0.805. The number of sulfonamides is 1. The molecule has 1 fully saturated rings. The van der Waals surface area contributed by atoms with Gasteiger partial charge in [0.05, 0.1) is 12.0 Å². The third-order valence-electron chi connectivity index (χ3n) is 4.40. The van der Waals surface area contributed by atoms with Gasteiger partial charge in [-0.1, -0.05) is 6.07 Å². The number of nitriles is 1. The Labute approximate surface area is 158 Å². The molecule has 0 spiro atoms. The molecule has 9 heteroatoms. The highest BCUT2D eigenvalue weighted by atomic mass is 32.2. The van der Waals surface area contributed by atoms with Crippen LogP contribution in [-0.2, 0) is 10.0 Å². The number of benzene rings is 1. The van der Waals surface area contributed by atoms with E-state index in [0.717, 1.165) is 0 Å². The predicted molar refractivity (Wildman–Crippen MR) is 96.7 cm³/mol. The predicted octanol–water partition coefficient (Wildman–Crippen LogP) is 2.03. The fraction of sp³-hybridized carbons (Fsp3) is 0.389. The van der Waals surface area contributed by atoms with Crippen LogP contribution in [0.4, 0.5) is 0 Å². The van der Waals surface area contributed by atoms with Gasteiger partial charge in [-0.3, -0.25) is 0 Å². The zero-order valence-corrected chi connectivity index (χ0v) is 15.6. The first-order valence-electron chi connectivity index (χ1n) is 8.56. The first kappa shape index (κ1) is 19.1. The number of hydrogen-bond acceptors (Lipinski definition) is 7. The zero-order chi connectivity index (χ0) is 19.3. The number of methoxy groups -OCH3 is 1. The molecule has 8 nitrogen and oxygen atoms in total. The fourth-order valence-corrected chi connectivity index (χ4v) is 4.34. The zero-order valence-electron chi connectivity index (χ0n) is 14.8. The van der Waals surface area contributed by atoms with Gasteiger partial charge in [-0.05, 0) is 37.8 Å². The maximum atomic E-state index is 12.6. The van der Waals surface area contributed by atoms with E-state index in [2.05, 4.69) is 14.7 Å². The van der Waals surface area contributed by atoms with E-state index in [1.54, 1.807) is 12.1 Å². The Bertz CT molecular complexity index is 934. The molecule has 1 N–H and O–H groups in total. The average molecular weight is 388 g/mol. The minimum Gasteiger partial charge on any atom is -0.497 e. The summed E-state index contributed by atoms with van der Waals surface area (Å²) in [7, 11) is -2.12. The second-order valence-electron chi connectivity index (χ2n) is 6.21. The minimum atomic E-state index is -3.62. The van der Waals surface area contributed by atoms with E-state index < -0.39 is 10.0 Å². The number of nitrogens with one attached hydrogen (secondary N) is 1. The van der Waals surface area contributed by atoms with E-state index >= 15 is 0 Å². The van der Waals surface area contributed by atoms with Gasteiger partial charge < -0.3 is 9.47 Å². The van der Waals surface area contributed by atoms with Crippen LogP contribution in [0, 0.1) is 11.3 Å². The summed E-state index contributed by atoms with van der Waals surface area (Å²) >= 11 is 0. The molecule has 0 radical (unpaired) electrons. The molecule has 0 amide bonds. The van der Waals surface area contributed by atoms with E-state index in [4.69, 9.17) is 14.7 Å². The summed E-state index contributed by atoms with van der Waals surface area (Å²) in [6.45, 7) is 0. The Morgan fingerprint density at radius 3 is 2.63 bits per heavy atom. The van der Waals surface area contributed by atoms with Crippen LogP contribution in [0.3, 0.4) is 0 Å². The number of ether oxygens (including phenoxy) is 2. The highest BCUT2D eigenvalue weighted by molar-refractivity contribution is 7.89. The second-order valence-corrected chi connectivity index (χ2v) is 7.93. The van der Waals surface area contributed by atoms with Crippen LogP contribution in [0.25, 0.3) is 0 Å². The Morgan fingerprint density at radius 1 is 1.19 bits per heavy atom. The van der Waals surface area contributed by atoms with Gasteiger partial charge in [-0.15, -0.1) is 0 Å². The number of nitrogens with zero attached hydrogens (tertiary/aromatic N) is 3. The van der Waals surface area contributed by atoms with Gasteiger partial charge in [-0.25, -0.2) is 23.1 Å². The lowest BCUT2D eigenvalue weighted by atomic mass is 9.94. The molecular formula is C18H20N4O4S. The maximum absolute atomic E-state index is 12.6. The Morgan fingerprint density at radius 2 is 1.93 bits per heavy atom.